The van der Waals surface area contributed by atoms with E-state index in [1.54, 1.807) is 23.1 Å². The maximum Gasteiger partial charge on any atom is 0.243 e. The van der Waals surface area contributed by atoms with Gasteiger partial charge in [0.1, 0.15) is 0 Å². The predicted molar refractivity (Wildman–Crippen MR) is 90.6 cm³/mol. The van der Waals surface area contributed by atoms with Crippen LogP contribution in [0, 0.1) is 0 Å². The zero-order valence-corrected chi connectivity index (χ0v) is 13.5. The first-order chi connectivity index (χ1) is 10.6. The lowest BCUT2D eigenvalue weighted by Crippen LogP contribution is -2.36. The van der Waals surface area contributed by atoms with Gasteiger partial charge in [-0.25, -0.2) is 0 Å². The smallest absolute Gasteiger partial charge is 0.243 e. The fourth-order valence-electron chi connectivity index (χ4n) is 2.29. The summed E-state index contributed by atoms with van der Waals surface area (Å²) >= 11 is 0. The van der Waals surface area contributed by atoms with Crippen molar-refractivity contribution in [3.05, 3.63) is 24.3 Å². The molecule has 0 aliphatic carbocycles. The van der Waals surface area contributed by atoms with Crippen LogP contribution in [0.5, 0.6) is 0 Å². The molecule has 1 fully saturated rings. The number of hydrogen-bond acceptors (Lipinski definition) is 4. The molecule has 2 rings (SSSR count). The van der Waals surface area contributed by atoms with Gasteiger partial charge in [0.2, 0.25) is 17.7 Å². The van der Waals surface area contributed by atoms with Crippen LogP contribution in [0.1, 0.15) is 19.3 Å². The number of carbonyl (C=O) groups excluding carboxylic acids is 3. The number of nitrogens with two attached hydrogens (primary N) is 1. The van der Waals surface area contributed by atoms with Crippen molar-refractivity contribution < 1.29 is 14.4 Å². The van der Waals surface area contributed by atoms with Crippen LogP contribution < -0.4 is 21.3 Å². The van der Waals surface area contributed by atoms with Gasteiger partial charge in [-0.05, 0) is 31.0 Å². The van der Waals surface area contributed by atoms with E-state index in [9.17, 15) is 14.4 Å². The first-order valence-electron chi connectivity index (χ1n) is 7.27. The van der Waals surface area contributed by atoms with Gasteiger partial charge in [0.05, 0.1) is 13.1 Å². The van der Waals surface area contributed by atoms with Crippen LogP contribution in [0.15, 0.2) is 24.3 Å². The highest BCUT2D eigenvalue weighted by Crippen LogP contribution is 2.23. The summed E-state index contributed by atoms with van der Waals surface area (Å²) in [6.07, 6.45) is 2.46. The number of rotatable bonds is 5. The molecular formula is C15H21ClN4O3. The summed E-state index contributed by atoms with van der Waals surface area (Å²) in [6.45, 7) is 0.408. The molecule has 0 spiro atoms. The number of anilines is 2. The number of carbonyl (C=O) groups is 3. The molecule has 23 heavy (non-hydrogen) atoms. The van der Waals surface area contributed by atoms with Crippen molar-refractivity contribution >= 4 is 41.5 Å². The normalized spacial score (nSPS) is 14.0. The summed E-state index contributed by atoms with van der Waals surface area (Å²) in [5.74, 6) is -0.628. The molecule has 1 aromatic rings. The standard InChI is InChI=1S/C15H20N4O3.ClH/c16-9-13(20)17-10-14(21)18-11-4-3-5-12(8-11)19-7-2-1-6-15(19)22;/h3-5,8H,1-2,6-7,9-10,16H2,(H,17,20)(H,18,21);1H. The zero-order chi connectivity index (χ0) is 15.9. The van der Waals surface area contributed by atoms with Crippen LogP contribution in [0.25, 0.3) is 0 Å². The van der Waals surface area contributed by atoms with E-state index in [-0.39, 0.29) is 43.2 Å². The summed E-state index contributed by atoms with van der Waals surface area (Å²) < 4.78 is 0. The third-order valence-corrected chi connectivity index (χ3v) is 3.40. The van der Waals surface area contributed by atoms with Gasteiger partial charge in [0.15, 0.2) is 0 Å². The second kappa shape index (κ2) is 9.12. The first kappa shape index (κ1) is 18.9. The van der Waals surface area contributed by atoms with Gasteiger partial charge in [0, 0.05) is 24.3 Å². The fourth-order valence-corrected chi connectivity index (χ4v) is 2.29. The van der Waals surface area contributed by atoms with Crippen molar-refractivity contribution in [2.75, 3.05) is 29.9 Å². The molecule has 7 nitrogen and oxygen atoms in total. The van der Waals surface area contributed by atoms with Gasteiger partial charge in [-0.2, -0.15) is 0 Å². The lowest BCUT2D eigenvalue weighted by atomic mass is 10.1. The zero-order valence-electron chi connectivity index (χ0n) is 12.7. The van der Waals surface area contributed by atoms with E-state index >= 15 is 0 Å². The molecule has 1 aliphatic rings. The van der Waals surface area contributed by atoms with Crippen LogP contribution >= 0.6 is 12.4 Å². The first-order valence-corrected chi connectivity index (χ1v) is 7.27. The van der Waals surface area contributed by atoms with Crippen LogP contribution in [-0.4, -0.2) is 37.4 Å². The predicted octanol–water partition coefficient (Wildman–Crippen LogP) is 0.639. The molecule has 1 aliphatic heterocycles. The van der Waals surface area contributed by atoms with Crippen molar-refractivity contribution in [2.24, 2.45) is 5.73 Å². The quantitative estimate of drug-likeness (QED) is 0.731. The number of nitrogens with zero attached hydrogens (tertiary/aromatic N) is 1. The molecular weight excluding hydrogens is 320 g/mol. The van der Waals surface area contributed by atoms with Crippen molar-refractivity contribution in [3.63, 3.8) is 0 Å². The minimum Gasteiger partial charge on any atom is -0.346 e. The Kier molecular flexibility index (Phi) is 7.50. The minimum atomic E-state index is -0.386. The summed E-state index contributed by atoms with van der Waals surface area (Å²) in [5.41, 5.74) is 6.50. The Hall–Kier alpha value is -2.12. The topological polar surface area (TPSA) is 105 Å². The van der Waals surface area contributed by atoms with Gasteiger partial charge < -0.3 is 21.3 Å². The van der Waals surface area contributed by atoms with Gasteiger partial charge in [-0.1, -0.05) is 6.07 Å². The molecule has 1 saturated heterocycles. The van der Waals surface area contributed by atoms with Crippen molar-refractivity contribution in [3.8, 4) is 0 Å². The Bertz CT molecular complexity index is 580. The van der Waals surface area contributed by atoms with Crippen molar-refractivity contribution in [1.29, 1.82) is 0 Å². The summed E-state index contributed by atoms with van der Waals surface area (Å²) in [6, 6.07) is 7.12. The molecule has 126 valence electrons. The highest BCUT2D eigenvalue weighted by Gasteiger charge is 2.19. The van der Waals surface area contributed by atoms with E-state index < -0.39 is 0 Å². The average molecular weight is 341 g/mol. The number of halogens is 1. The van der Waals surface area contributed by atoms with Crippen LogP contribution in [0.3, 0.4) is 0 Å². The molecule has 0 atom stereocenters. The van der Waals surface area contributed by atoms with E-state index in [1.807, 2.05) is 6.07 Å². The van der Waals surface area contributed by atoms with E-state index in [4.69, 9.17) is 5.73 Å². The Morgan fingerprint density at radius 3 is 2.70 bits per heavy atom. The summed E-state index contributed by atoms with van der Waals surface area (Å²) in [7, 11) is 0. The Morgan fingerprint density at radius 2 is 2.00 bits per heavy atom. The van der Waals surface area contributed by atoms with Crippen molar-refractivity contribution in [2.45, 2.75) is 19.3 Å². The Balaban J connectivity index is 0.00000264. The molecule has 0 radical (unpaired) electrons. The summed E-state index contributed by atoms with van der Waals surface area (Å²) in [4.78, 5) is 36.4. The molecule has 3 amide bonds. The van der Waals surface area contributed by atoms with Gasteiger partial charge >= 0.3 is 0 Å². The van der Waals surface area contributed by atoms with Gasteiger partial charge in [-0.3, -0.25) is 14.4 Å². The Labute approximate surface area is 141 Å². The lowest BCUT2D eigenvalue weighted by molar-refractivity contribution is -0.123. The van der Waals surface area contributed by atoms with Crippen molar-refractivity contribution in [1.82, 2.24) is 5.32 Å². The average Bonchev–Trinajstić information content (AvgIpc) is 2.53. The highest BCUT2D eigenvalue weighted by molar-refractivity contribution is 5.97. The van der Waals surface area contributed by atoms with Crippen LogP contribution in [0.2, 0.25) is 0 Å². The van der Waals surface area contributed by atoms with Gasteiger partial charge in [0.25, 0.3) is 0 Å². The molecule has 0 aromatic heterocycles. The largest absolute Gasteiger partial charge is 0.346 e. The second-order valence-corrected chi connectivity index (χ2v) is 5.08. The highest BCUT2D eigenvalue weighted by atomic mass is 35.5. The second-order valence-electron chi connectivity index (χ2n) is 5.08. The third kappa shape index (κ3) is 5.54. The van der Waals surface area contributed by atoms with Crippen LogP contribution in [-0.2, 0) is 14.4 Å². The maximum atomic E-state index is 11.9. The SMILES string of the molecule is Cl.NCC(=O)NCC(=O)Nc1cccc(N2CCCCC2=O)c1. The van der Waals surface area contributed by atoms with E-state index in [0.29, 0.717) is 18.7 Å². The summed E-state index contributed by atoms with van der Waals surface area (Å²) in [5, 5.41) is 5.08. The molecule has 0 bridgehead atoms. The number of piperidine rings is 1. The third-order valence-electron chi connectivity index (χ3n) is 3.40. The maximum absolute atomic E-state index is 11.9. The van der Waals surface area contributed by atoms with E-state index in [1.165, 1.54) is 0 Å². The number of amides is 3. The Morgan fingerprint density at radius 1 is 1.22 bits per heavy atom. The van der Waals surface area contributed by atoms with E-state index in [2.05, 4.69) is 10.6 Å². The fraction of sp³-hybridized carbons (Fsp3) is 0.400. The van der Waals surface area contributed by atoms with E-state index in [0.717, 1.165) is 18.5 Å². The molecule has 1 heterocycles. The molecule has 4 N–H and O–H groups in total. The minimum absolute atomic E-state index is 0. The number of hydrogen-bond donors (Lipinski definition) is 3. The monoisotopic (exact) mass is 340 g/mol. The lowest BCUT2D eigenvalue weighted by Gasteiger charge is -2.27. The van der Waals surface area contributed by atoms with Crippen LogP contribution in [0.4, 0.5) is 11.4 Å². The molecule has 1 aromatic carbocycles. The van der Waals surface area contributed by atoms with Gasteiger partial charge in [-0.15, -0.1) is 12.4 Å². The number of benzene rings is 1. The molecule has 0 saturated carbocycles. The molecule has 8 heteroatoms. The molecule has 0 unspecified atom stereocenters. The number of nitrogens with one attached hydrogen (secondary N) is 2.